The quantitative estimate of drug-likeness (QED) is 0.482. The lowest BCUT2D eigenvalue weighted by molar-refractivity contribution is 0.0939. The Labute approximate surface area is 151 Å². The highest BCUT2D eigenvalue weighted by Gasteiger charge is 2.14. The van der Waals surface area contributed by atoms with Gasteiger partial charge in [-0.2, -0.15) is 0 Å². The molecule has 1 amide bonds. The lowest BCUT2D eigenvalue weighted by atomic mass is 10.1. The fraction of sp³-hybridized carbons (Fsp3) is 0.188. The van der Waals surface area contributed by atoms with Gasteiger partial charge in [0, 0.05) is 12.9 Å². The summed E-state index contributed by atoms with van der Waals surface area (Å²) >= 11 is 7.34. The van der Waals surface area contributed by atoms with E-state index in [0.29, 0.717) is 5.56 Å². The zero-order chi connectivity index (χ0) is 15.4. The van der Waals surface area contributed by atoms with Crippen LogP contribution in [0.2, 0.25) is 0 Å². The molecule has 0 aliphatic carbocycles. The summed E-state index contributed by atoms with van der Waals surface area (Å²) in [6.07, 6.45) is 2.05. The number of thioether (sulfide) groups is 1. The van der Waals surface area contributed by atoms with Gasteiger partial charge in [-0.3, -0.25) is 4.79 Å². The second-order valence-electron chi connectivity index (χ2n) is 4.59. The predicted molar refractivity (Wildman–Crippen MR) is 101 cm³/mol. The molecule has 0 fully saturated rings. The van der Waals surface area contributed by atoms with Gasteiger partial charge in [-0.25, -0.2) is 0 Å². The first-order valence-electron chi connectivity index (χ1n) is 6.41. The van der Waals surface area contributed by atoms with Gasteiger partial charge in [0.2, 0.25) is 0 Å². The van der Waals surface area contributed by atoms with Crippen molar-refractivity contribution in [1.29, 1.82) is 0 Å². The Morgan fingerprint density at radius 1 is 1.24 bits per heavy atom. The second kappa shape index (κ2) is 7.65. The molecule has 2 aromatic carbocycles. The zero-order valence-electron chi connectivity index (χ0n) is 11.7. The molecule has 0 spiro atoms. The maximum absolute atomic E-state index is 12.4. The minimum atomic E-state index is -0.0677. The maximum Gasteiger partial charge on any atom is 0.252 e. The third-order valence-corrected chi connectivity index (χ3v) is 5.24. The minimum Gasteiger partial charge on any atom is -0.345 e. The van der Waals surface area contributed by atoms with E-state index in [0.717, 1.165) is 13.6 Å². The van der Waals surface area contributed by atoms with Crippen LogP contribution in [0.4, 0.5) is 0 Å². The SMILES string of the molecule is CSc1ccc(C(C)NC(=O)c2cc(I)ccc2Br)cc1. The number of carbonyl (C=O) groups is 1. The van der Waals surface area contributed by atoms with E-state index in [4.69, 9.17) is 0 Å². The van der Waals surface area contributed by atoms with Crippen molar-refractivity contribution in [3.8, 4) is 0 Å². The van der Waals surface area contributed by atoms with Crippen LogP contribution in [0, 0.1) is 3.57 Å². The number of rotatable bonds is 4. The Morgan fingerprint density at radius 2 is 1.90 bits per heavy atom. The molecule has 0 aliphatic heterocycles. The topological polar surface area (TPSA) is 29.1 Å². The molecule has 1 N–H and O–H groups in total. The van der Waals surface area contributed by atoms with Gasteiger partial charge in [0.15, 0.2) is 0 Å². The zero-order valence-corrected chi connectivity index (χ0v) is 16.3. The van der Waals surface area contributed by atoms with Crippen LogP contribution in [0.25, 0.3) is 0 Å². The van der Waals surface area contributed by atoms with Crippen LogP contribution in [-0.2, 0) is 0 Å². The summed E-state index contributed by atoms with van der Waals surface area (Å²) in [5.74, 6) is -0.0677. The van der Waals surface area contributed by atoms with Crippen molar-refractivity contribution < 1.29 is 4.79 Å². The first kappa shape index (κ1) is 16.8. The molecular formula is C16H15BrINOS. The summed E-state index contributed by atoms with van der Waals surface area (Å²) in [5, 5.41) is 3.04. The molecule has 21 heavy (non-hydrogen) atoms. The van der Waals surface area contributed by atoms with Crippen LogP contribution >= 0.6 is 50.3 Å². The van der Waals surface area contributed by atoms with Crippen LogP contribution < -0.4 is 5.32 Å². The van der Waals surface area contributed by atoms with Gasteiger partial charge < -0.3 is 5.32 Å². The summed E-state index contributed by atoms with van der Waals surface area (Å²) < 4.78 is 1.85. The Kier molecular flexibility index (Phi) is 6.13. The largest absolute Gasteiger partial charge is 0.345 e. The molecule has 110 valence electrons. The molecule has 2 rings (SSSR count). The Balaban J connectivity index is 2.12. The number of halogens is 2. The predicted octanol–water partition coefficient (Wildman–Crippen LogP) is 5.27. The summed E-state index contributed by atoms with van der Waals surface area (Å²) in [5.41, 5.74) is 1.76. The maximum atomic E-state index is 12.4. The molecule has 0 bridgehead atoms. The molecule has 0 heterocycles. The van der Waals surface area contributed by atoms with E-state index in [-0.39, 0.29) is 11.9 Å². The summed E-state index contributed by atoms with van der Waals surface area (Å²) in [6.45, 7) is 1.99. The second-order valence-corrected chi connectivity index (χ2v) is 7.57. The first-order chi connectivity index (χ1) is 10.0. The van der Waals surface area contributed by atoms with E-state index in [1.165, 1.54) is 4.90 Å². The van der Waals surface area contributed by atoms with E-state index in [9.17, 15) is 4.79 Å². The Morgan fingerprint density at radius 3 is 2.52 bits per heavy atom. The number of benzene rings is 2. The highest BCUT2D eigenvalue weighted by Crippen LogP contribution is 2.22. The monoisotopic (exact) mass is 475 g/mol. The van der Waals surface area contributed by atoms with Gasteiger partial charge in [-0.1, -0.05) is 12.1 Å². The highest BCUT2D eigenvalue weighted by molar-refractivity contribution is 14.1. The summed E-state index contributed by atoms with van der Waals surface area (Å²) in [4.78, 5) is 13.6. The molecule has 5 heteroatoms. The number of hydrogen-bond acceptors (Lipinski definition) is 2. The van der Waals surface area contributed by atoms with Gasteiger partial charge in [-0.15, -0.1) is 11.8 Å². The van der Waals surface area contributed by atoms with Crippen LogP contribution in [0.1, 0.15) is 28.9 Å². The van der Waals surface area contributed by atoms with E-state index in [2.05, 4.69) is 74.4 Å². The number of hydrogen-bond donors (Lipinski definition) is 1. The number of amides is 1. The van der Waals surface area contributed by atoms with E-state index in [1.54, 1.807) is 11.8 Å². The Hall–Kier alpha value is -0.530. The fourth-order valence-electron chi connectivity index (χ4n) is 1.92. The normalized spacial score (nSPS) is 12.0. The Bertz CT molecular complexity index is 645. The number of carbonyl (C=O) groups excluding carboxylic acids is 1. The van der Waals surface area contributed by atoms with Crippen LogP contribution in [0.5, 0.6) is 0 Å². The highest BCUT2D eigenvalue weighted by atomic mass is 127. The molecule has 0 saturated heterocycles. The van der Waals surface area contributed by atoms with Crippen molar-refractivity contribution in [1.82, 2.24) is 5.32 Å². The lowest BCUT2D eigenvalue weighted by Crippen LogP contribution is -2.27. The minimum absolute atomic E-state index is 0.0295. The summed E-state index contributed by atoms with van der Waals surface area (Å²) in [6, 6.07) is 14.0. The van der Waals surface area contributed by atoms with Crippen molar-refractivity contribution >= 4 is 56.2 Å². The van der Waals surface area contributed by atoms with E-state index >= 15 is 0 Å². The fourth-order valence-corrected chi connectivity index (χ4v) is 3.25. The molecule has 0 aliphatic rings. The number of nitrogens with one attached hydrogen (secondary N) is 1. The molecule has 2 nitrogen and oxygen atoms in total. The first-order valence-corrected chi connectivity index (χ1v) is 9.51. The molecule has 0 aromatic heterocycles. The van der Waals surface area contributed by atoms with Gasteiger partial charge in [0.1, 0.15) is 0 Å². The third-order valence-electron chi connectivity index (χ3n) is 3.14. The standard InChI is InChI=1S/C16H15BrINOS/c1-10(11-3-6-13(21-2)7-4-11)19-16(20)14-9-12(18)5-8-15(14)17/h3-10H,1-2H3,(H,19,20). The molecule has 0 radical (unpaired) electrons. The van der Waals surface area contributed by atoms with Crippen molar-refractivity contribution in [2.24, 2.45) is 0 Å². The van der Waals surface area contributed by atoms with E-state index < -0.39 is 0 Å². The molecular weight excluding hydrogens is 461 g/mol. The van der Waals surface area contributed by atoms with Crippen molar-refractivity contribution in [3.05, 3.63) is 61.6 Å². The van der Waals surface area contributed by atoms with Gasteiger partial charge in [0.05, 0.1) is 11.6 Å². The smallest absolute Gasteiger partial charge is 0.252 e. The van der Waals surface area contributed by atoms with Crippen LogP contribution in [-0.4, -0.2) is 12.2 Å². The average molecular weight is 476 g/mol. The van der Waals surface area contributed by atoms with Gasteiger partial charge >= 0.3 is 0 Å². The molecule has 0 saturated carbocycles. The summed E-state index contributed by atoms with van der Waals surface area (Å²) in [7, 11) is 0. The van der Waals surface area contributed by atoms with Gasteiger partial charge in [-0.05, 0) is 87.6 Å². The van der Waals surface area contributed by atoms with Crippen molar-refractivity contribution in [3.63, 3.8) is 0 Å². The van der Waals surface area contributed by atoms with Crippen molar-refractivity contribution in [2.45, 2.75) is 17.9 Å². The van der Waals surface area contributed by atoms with E-state index in [1.807, 2.05) is 25.1 Å². The van der Waals surface area contributed by atoms with Crippen LogP contribution in [0.15, 0.2) is 51.8 Å². The molecule has 1 unspecified atom stereocenters. The molecule has 2 aromatic rings. The third kappa shape index (κ3) is 4.47. The van der Waals surface area contributed by atoms with Crippen LogP contribution in [0.3, 0.4) is 0 Å². The lowest BCUT2D eigenvalue weighted by Gasteiger charge is -2.15. The average Bonchev–Trinajstić information content (AvgIpc) is 2.49. The van der Waals surface area contributed by atoms with Gasteiger partial charge in [0.25, 0.3) is 5.91 Å². The molecule has 1 atom stereocenters. The van der Waals surface area contributed by atoms with Crippen molar-refractivity contribution in [2.75, 3.05) is 6.26 Å².